The van der Waals surface area contributed by atoms with Crippen molar-refractivity contribution in [3.8, 4) is 0 Å². The van der Waals surface area contributed by atoms with Gasteiger partial charge in [-0.1, -0.05) is 27.7 Å². The summed E-state index contributed by atoms with van der Waals surface area (Å²) < 4.78 is 44.6. The van der Waals surface area contributed by atoms with Crippen LogP contribution in [0.5, 0.6) is 0 Å². The molecule has 0 saturated carbocycles. The highest BCUT2D eigenvalue weighted by molar-refractivity contribution is 6.01. The monoisotopic (exact) mass is 478 g/mol. The summed E-state index contributed by atoms with van der Waals surface area (Å²) in [5.41, 5.74) is 0. The molecule has 2 heterocycles. The van der Waals surface area contributed by atoms with Crippen LogP contribution in [0.15, 0.2) is 0 Å². The number of hydrogen-bond donors (Lipinski definition) is 2. The van der Waals surface area contributed by atoms with Crippen LogP contribution in [0.2, 0.25) is 0 Å². The molecule has 0 radical (unpaired) electrons. The molecule has 0 spiro atoms. The number of carbonyl (C=O) groups excluding carboxylic acids is 4. The zero-order valence-electron chi connectivity index (χ0n) is 19.4. The molecular weight excluding hydrogens is 445 g/mol. The summed E-state index contributed by atoms with van der Waals surface area (Å²) in [4.78, 5) is 52.9. The molecule has 0 aromatic heterocycles. The Morgan fingerprint density at radius 2 is 1.58 bits per heavy atom. The fraction of sp³-hybridized carbons (Fsp3) is 0.810. The van der Waals surface area contributed by atoms with E-state index in [0.717, 1.165) is 0 Å². The summed E-state index contributed by atoms with van der Waals surface area (Å²) >= 11 is 0. The van der Waals surface area contributed by atoms with E-state index in [1.54, 1.807) is 13.8 Å². The number of imide groups is 1. The number of amides is 4. The van der Waals surface area contributed by atoms with E-state index in [4.69, 9.17) is 4.74 Å². The van der Waals surface area contributed by atoms with Gasteiger partial charge in [-0.15, -0.1) is 0 Å². The highest BCUT2D eigenvalue weighted by atomic mass is 19.4. The Bertz CT molecular complexity index is 738. The van der Waals surface area contributed by atoms with Crippen molar-refractivity contribution < 1.29 is 37.1 Å². The second-order valence-electron chi connectivity index (χ2n) is 9.07. The summed E-state index contributed by atoms with van der Waals surface area (Å²) in [7, 11) is 0. The highest BCUT2D eigenvalue weighted by Gasteiger charge is 2.50. The average molecular weight is 479 g/mol. The fourth-order valence-corrected chi connectivity index (χ4v) is 4.22. The molecule has 9 nitrogen and oxygen atoms in total. The predicted octanol–water partition coefficient (Wildman–Crippen LogP) is 1.32. The normalized spacial score (nSPS) is 21.7. The van der Waals surface area contributed by atoms with Gasteiger partial charge in [-0.25, -0.2) is 4.79 Å². The van der Waals surface area contributed by atoms with Crippen molar-refractivity contribution in [3.05, 3.63) is 0 Å². The molecule has 1 unspecified atom stereocenters. The molecule has 12 heteroatoms. The topological polar surface area (TPSA) is 108 Å². The first-order valence-corrected chi connectivity index (χ1v) is 11.2. The van der Waals surface area contributed by atoms with Gasteiger partial charge in [-0.3, -0.25) is 24.6 Å². The van der Waals surface area contributed by atoms with Crippen LogP contribution in [0, 0.1) is 11.8 Å². The number of nitrogens with zero attached hydrogens (tertiary/aromatic N) is 2. The predicted molar refractivity (Wildman–Crippen MR) is 112 cm³/mol. The van der Waals surface area contributed by atoms with Gasteiger partial charge >= 0.3 is 12.2 Å². The SMILES string of the molecule is CC(C)C(C(=O)C(F)(F)F)N1CCC[C@H]1C(=O)NC(=O)[C@@H](NC(=O)N1CCOCC1)C(C)C. The van der Waals surface area contributed by atoms with Crippen molar-refractivity contribution in [2.24, 2.45) is 11.8 Å². The number of likely N-dealkylation sites (tertiary alicyclic amines) is 1. The van der Waals surface area contributed by atoms with Crippen molar-refractivity contribution >= 4 is 23.6 Å². The van der Waals surface area contributed by atoms with Gasteiger partial charge in [0.1, 0.15) is 6.04 Å². The second kappa shape index (κ2) is 11.3. The largest absolute Gasteiger partial charge is 0.451 e. The number of Topliss-reactive ketones (excluding diaryl/α,β-unsaturated/α-hetero) is 1. The van der Waals surface area contributed by atoms with E-state index < -0.39 is 53.8 Å². The average Bonchev–Trinajstić information content (AvgIpc) is 3.20. The number of nitrogens with one attached hydrogen (secondary N) is 2. The standard InChI is InChI=1S/C21H33F3N4O5/c1-12(2)15(25-20(32)27-8-10-33-11-9-27)19(31)26-18(30)14-6-5-7-28(14)16(13(3)4)17(29)21(22,23)24/h12-16H,5-11H2,1-4H3,(H,25,32)(H,26,30,31)/t14-,15-,16?/m0/s1. The third-order valence-corrected chi connectivity index (χ3v) is 5.91. The number of ether oxygens (including phenoxy) is 1. The number of rotatable bonds is 7. The Kier molecular flexibility index (Phi) is 9.24. The molecular formula is C21H33F3N4O5. The molecule has 3 atom stereocenters. The lowest BCUT2D eigenvalue weighted by Gasteiger charge is -2.34. The van der Waals surface area contributed by atoms with Crippen molar-refractivity contribution in [2.45, 2.75) is 64.8 Å². The maximum absolute atomic E-state index is 13.1. The van der Waals surface area contributed by atoms with E-state index in [-0.39, 0.29) is 18.9 Å². The van der Waals surface area contributed by atoms with Gasteiger partial charge in [0, 0.05) is 13.1 Å². The fourth-order valence-electron chi connectivity index (χ4n) is 4.22. The maximum atomic E-state index is 13.1. The lowest BCUT2D eigenvalue weighted by atomic mass is 9.96. The van der Waals surface area contributed by atoms with Gasteiger partial charge in [-0.05, 0) is 31.2 Å². The molecule has 2 N–H and O–H groups in total. The number of carbonyl (C=O) groups is 4. The molecule has 2 aliphatic rings. The van der Waals surface area contributed by atoms with Crippen LogP contribution in [0.1, 0.15) is 40.5 Å². The molecule has 2 aliphatic heterocycles. The number of alkyl halides is 3. The number of hydrogen-bond acceptors (Lipinski definition) is 6. The molecule has 0 aliphatic carbocycles. The van der Waals surface area contributed by atoms with E-state index in [1.807, 2.05) is 0 Å². The van der Waals surface area contributed by atoms with Gasteiger partial charge in [0.05, 0.1) is 25.3 Å². The maximum Gasteiger partial charge on any atom is 0.451 e. The summed E-state index contributed by atoms with van der Waals surface area (Å²) in [6, 6.07) is -4.04. The Labute approximate surface area is 191 Å². The molecule has 2 rings (SSSR count). The number of ketones is 1. The zero-order valence-corrected chi connectivity index (χ0v) is 19.4. The minimum Gasteiger partial charge on any atom is -0.378 e. The summed E-state index contributed by atoms with van der Waals surface area (Å²) in [5.74, 6) is -4.45. The Balaban J connectivity index is 2.09. The van der Waals surface area contributed by atoms with Crippen LogP contribution in [0.25, 0.3) is 0 Å². The van der Waals surface area contributed by atoms with Crippen LogP contribution >= 0.6 is 0 Å². The highest BCUT2D eigenvalue weighted by Crippen LogP contribution is 2.30. The third-order valence-electron chi connectivity index (χ3n) is 5.91. The molecule has 0 bridgehead atoms. The summed E-state index contributed by atoms with van der Waals surface area (Å²) in [5, 5.41) is 4.87. The van der Waals surface area contributed by atoms with E-state index in [2.05, 4.69) is 10.6 Å². The quantitative estimate of drug-likeness (QED) is 0.572. The zero-order chi connectivity index (χ0) is 24.9. The van der Waals surface area contributed by atoms with Crippen molar-refractivity contribution in [3.63, 3.8) is 0 Å². The van der Waals surface area contributed by atoms with E-state index in [1.165, 1.54) is 23.6 Å². The molecule has 0 aromatic rings. The van der Waals surface area contributed by atoms with Crippen LogP contribution in [0.3, 0.4) is 0 Å². The van der Waals surface area contributed by atoms with Crippen LogP contribution in [-0.2, 0) is 19.1 Å². The second-order valence-corrected chi connectivity index (χ2v) is 9.07. The first kappa shape index (κ1) is 27.0. The van der Waals surface area contributed by atoms with Gasteiger partial charge < -0.3 is 15.0 Å². The lowest BCUT2D eigenvalue weighted by Crippen LogP contribution is -2.59. The van der Waals surface area contributed by atoms with Gasteiger partial charge in [0.15, 0.2) is 0 Å². The van der Waals surface area contributed by atoms with Crippen molar-refractivity contribution in [2.75, 3.05) is 32.8 Å². The van der Waals surface area contributed by atoms with Crippen molar-refractivity contribution in [1.82, 2.24) is 20.4 Å². The first-order chi connectivity index (χ1) is 15.3. The minimum atomic E-state index is -5.03. The first-order valence-electron chi connectivity index (χ1n) is 11.2. The Hall–Kier alpha value is -2.21. The van der Waals surface area contributed by atoms with E-state index in [0.29, 0.717) is 32.7 Å². The smallest absolute Gasteiger partial charge is 0.378 e. The van der Waals surface area contributed by atoms with Gasteiger partial charge in [-0.2, -0.15) is 13.2 Å². The van der Waals surface area contributed by atoms with Crippen LogP contribution < -0.4 is 10.6 Å². The molecule has 2 saturated heterocycles. The lowest BCUT2D eigenvalue weighted by molar-refractivity contribution is -0.179. The van der Waals surface area contributed by atoms with Gasteiger partial charge in [0.2, 0.25) is 11.8 Å². The summed E-state index contributed by atoms with van der Waals surface area (Å²) in [6.07, 6.45) is -4.39. The Morgan fingerprint density at radius 1 is 0.970 bits per heavy atom. The van der Waals surface area contributed by atoms with Crippen LogP contribution in [-0.4, -0.2) is 90.6 Å². The molecule has 4 amide bonds. The minimum absolute atomic E-state index is 0.137. The van der Waals surface area contributed by atoms with Crippen molar-refractivity contribution in [1.29, 1.82) is 0 Å². The number of urea groups is 1. The number of halogens is 3. The van der Waals surface area contributed by atoms with Gasteiger partial charge in [0.25, 0.3) is 5.78 Å². The molecule has 0 aromatic carbocycles. The molecule has 188 valence electrons. The van der Waals surface area contributed by atoms with E-state index >= 15 is 0 Å². The Morgan fingerprint density at radius 3 is 2.09 bits per heavy atom. The number of morpholine rings is 1. The molecule has 33 heavy (non-hydrogen) atoms. The van der Waals surface area contributed by atoms with E-state index in [9.17, 15) is 32.3 Å². The molecule has 2 fully saturated rings. The van der Waals surface area contributed by atoms with Crippen LogP contribution in [0.4, 0.5) is 18.0 Å². The summed E-state index contributed by atoms with van der Waals surface area (Å²) in [6.45, 7) is 8.03. The third kappa shape index (κ3) is 6.89.